The minimum Gasteiger partial charge on any atom is -0.497 e. The number of ether oxygens (including phenoxy) is 1. The lowest BCUT2D eigenvalue weighted by atomic mass is 9.97. The number of carboxylic acid groups (broad SMARTS) is 1. The van der Waals surface area contributed by atoms with Gasteiger partial charge in [-0.1, -0.05) is 50.2 Å². The predicted molar refractivity (Wildman–Crippen MR) is 171 cm³/mol. The molecule has 47 heavy (non-hydrogen) atoms. The van der Waals surface area contributed by atoms with Crippen molar-refractivity contribution in [2.24, 2.45) is 0 Å². The number of carbonyl (C=O) groups excluding carboxylic acids is 1. The Bertz CT molecular complexity index is 1990. The number of carbonyl (C=O) groups is 2. The molecule has 1 fully saturated rings. The van der Waals surface area contributed by atoms with Crippen molar-refractivity contribution in [3.63, 3.8) is 0 Å². The molecule has 2 amide bonds. The lowest BCUT2D eigenvalue weighted by Gasteiger charge is -2.10. The highest BCUT2D eigenvalue weighted by molar-refractivity contribution is 5.98. The molecule has 242 valence electrons. The number of hydrogen-bond acceptors (Lipinski definition) is 8. The van der Waals surface area contributed by atoms with Gasteiger partial charge in [0.2, 0.25) is 5.89 Å². The van der Waals surface area contributed by atoms with Crippen molar-refractivity contribution in [1.82, 2.24) is 35.1 Å². The summed E-state index contributed by atoms with van der Waals surface area (Å²) >= 11 is 0. The molecule has 1 saturated heterocycles. The van der Waals surface area contributed by atoms with Gasteiger partial charge in [0.15, 0.2) is 5.65 Å². The second-order valence-electron chi connectivity index (χ2n) is 12.4. The Kier molecular flexibility index (Phi) is 8.46. The minimum absolute atomic E-state index is 0.0761. The highest BCUT2D eigenvalue weighted by Gasteiger charge is 2.25. The van der Waals surface area contributed by atoms with Crippen LogP contribution in [0.25, 0.3) is 28.2 Å². The zero-order chi connectivity index (χ0) is 33.3. The molecule has 0 atom stereocenters. The van der Waals surface area contributed by atoms with Gasteiger partial charge in [-0.25, -0.2) is 18.9 Å². The summed E-state index contributed by atoms with van der Waals surface area (Å²) in [5, 5.41) is 21.5. The number of methoxy groups -OCH3 is 1. The highest BCUT2D eigenvalue weighted by atomic mass is 19.1. The van der Waals surface area contributed by atoms with Crippen LogP contribution in [0.3, 0.4) is 0 Å². The standard InChI is InChI=1S/C34H34FN7O5/c1-34(2,3)32-38-29(40-47-32)31(43)37-17-23-8-7-22(16-26(23)35)25-11-13-36-30-28(25)27(15-21-12-14-41(18-21)33(44)45)39-42(30)19-20-5-9-24(46-4)10-6-20/h5-11,13,15-16H,12,14,17-19H2,1-4H3,(H,37,43)(H,44,45)/b21-15-. The van der Waals surface area contributed by atoms with Gasteiger partial charge in [-0.3, -0.25) is 4.79 Å². The van der Waals surface area contributed by atoms with E-state index < -0.39 is 23.2 Å². The van der Waals surface area contributed by atoms with Crippen LogP contribution in [0.15, 0.2) is 64.8 Å². The average molecular weight is 640 g/mol. The highest BCUT2D eigenvalue weighted by Crippen LogP contribution is 2.33. The first-order chi connectivity index (χ1) is 22.5. The smallest absolute Gasteiger partial charge is 0.407 e. The summed E-state index contributed by atoms with van der Waals surface area (Å²) in [6, 6.07) is 14.3. The van der Waals surface area contributed by atoms with E-state index in [-0.39, 0.29) is 24.5 Å². The van der Waals surface area contributed by atoms with Crippen LogP contribution in [0.2, 0.25) is 0 Å². The monoisotopic (exact) mass is 639 g/mol. The number of pyridine rings is 1. The van der Waals surface area contributed by atoms with E-state index in [0.717, 1.165) is 22.3 Å². The Morgan fingerprint density at radius 2 is 1.94 bits per heavy atom. The van der Waals surface area contributed by atoms with Crippen molar-refractivity contribution < 1.29 is 28.3 Å². The van der Waals surface area contributed by atoms with Crippen molar-refractivity contribution >= 4 is 29.1 Å². The largest absolute Gasteiger partial charge is 0.497 e. The molecule has 2 aromatic carbocycles. The summed E-state index contributed by atoms with van der Waals surface area (Å²) in [7, 11) is 1.61. The Hall–Kier alpha value is -5.59. The zero-order valence-electron chi connectivity index (χ0n) is 26.5. The van der Waals surface area contributed by atoms with Gasteiger partial charge in [0.25, 0.3) is 11.7 Å². The number of fused-ring (bicyclic) bond motifs is 1. The average Bonchev–Trinajstić information content (AvgIpc) is 3.81. The number of aromatic nitrogens is 5. The van der Waals surface area contributed by atoms with Crippen LogP contribution in [0.1, 0.15) is 60.5 Å². The van der Waals surface area contributed by atoms with Crippen LogP contribution >= 0.6 is 0 Å². The van der Waals surface area contributed by atoms with Crippen molar-refractivity contribution in [3.05, 3.63) is 94.7 Å². The lowest BCUT2D eigenvalue weighted by Crippen LogP contribution is -2.25. The first-order valence-electron chi connectivity index (χ1n) is 15.1. The summed E-state index contributed by atoms with van der Waals surface area (Å²) in [6.45, 7) is 6.72. The minimum atomic E-state index is -0.968. The van der Waals surface area contributed by atoms with E-state index in [1.54, 1.807) is 36.2 Å². The maximum absolute atomic E-state index is 15.5. The summed E-state index contributed by atoms with van der Waals surface area (Å²) in [5.74, 6) is -0.123. The summed E-state index contributed by atoms with van der Waals surface area (Å²) < 4.78 is 27.8. The van der Waals surface area contributed by atoms with E-state index in [9.17, 15) is 14.7 Å². The van der Waals surface area contributed by atoms with Crippen LogP contribution in [-0.2, 0) is 18.5 Å². The third-order valence-corrected chi connectivity index (χ3v) is 7.93. The molecule has 13 heteroatoms. The Morgan fingerprint density at radius 1 is 1.15 bits per heavy atom. The van der Waals surface area contributed by atoms with E-state index in [4.69, 9.17) is 14.4 Å². The molecule has 0 spiro atoms. The molecule has 2 N–H and O–H groups in total. The molecular weight excluding hydrogens is 605 g/mol. The number of benzene rings is 2. The van der Waals surface area contributed by atoms with Gasteiger partial charge in [-0.15, -0.1) is 0 Å². The zero-order valence-corrected chi connectivity index (χ0v) is 26.5. The molecular formula is C34H34FN7O5. The second kappa shape index (κ2) is 12.7. The van der Waals surface area contributed by atoms with Crippen molar-refractivity contribution in [1.29, 1.82) is 0 Å². The molecule has 0 saturated carbocycles. The molecule has 1 aliphatic heterocycles. The SMILES string of the molecule is COc1ccc(Cn2nc(/C=C3/CCN(C(=O)O)C3)c3c(-c4ccc(CNC(=O)c5noc(C(C)(C)C)n5)c(F)c4)ccnc32)cc1. The van der Waals surface area contributed by atoms with Crippen LogP contribution in [-0.4, -0.2) is 67.1 Å². The number of hydrogen-bond donors (Lipinski definition) is 2. The lowest BCUT2D eigenvalue weighted by molar-refractivity contribution is 0.0937. The summed E-state index contributed by atoms with van der Waals surface area (Å²) in [5.41, 5.74) is 4.30. The fraction of sp³-hybridized carbons (Fsp3) is 0.294. The van der Waals surface area contributed by atoms with Crippen LogP contribution in [0.5, 0.6) is 5.75 Å². The van der Waals surface area contributed by atoms with Gasteiger partial charge in [0.1, 0.15) is 11.6 Å². The Labute approximate surface area is 269 Å². The second-order valence-corrected chi connectivity index (χ2v) is 12.4. The third kappa shape index (κ3) is 6.69. The number of nitrogens with one attached hydrogen (secondary N) is 1. The molecule has 5 aromatic rings. The van der Waals surface area contributed by atoms with Gasteiger partial charge < -0.3 is 24.6 Å². The number of halogens is 1. The fourth-order valence-electron chi connectivity index (χ4n) is 5.37. The first kappa shape index (κ1) is 31.4. The van der Waals surface area contributed by atoms with Crippen molar-refractivity contribution in [2.45, 2.75) is 45.7 Å². The fourth-order valence-corrected chi connectivity index (χ4v) is 5.37. The number of nitrogens with zero attached hydrogens (tertiary/aromatic N) is 6. The molecule has 1 aliphatic rings. The van der Waals surface area contributed by atoms with Gasteiger partial charge in [0.05, 0.1) is 24.7 Å². The van der Waals surface area contributed by atoms with E-state index >= 15 is 4.39 Å². The molecule has 0 unspecified atom stereocenters. The van der Waals surface area contributed by atoms with Crippen LogP contribution in [0, 0.1) is 5.82 Å². The Balaban J connectivity index is 1.31. The van der Waals surface area contributed by atoms with Crippen molar-refractivity contribution in [3.8, 4) is 16.9 Å². The maximum atomic E-state index is 15.5. The number of likely N-dealkylation sites (tertiary alicyclic amines) is 1. The van der Waals surface area contributed by atoms with Gasteiger partial charge >= 0.3 is 6.09 Å². The van der Waals surface area contributed by atoms with E-state index in [1.165, 1.54) is 11.0 Å². The topological polar surface area (TPSA) is 148 Å². The predicted octanol–water partition coefficient (Wildman–Crippen LogP) is 5.67. The van der Waals surface area contributed by atoms with Gasteiger partial charge in [0, 0.05) is 36.8 Å². The van der Waals surface area contributed by atoms with Crippen molar-refractivity contribution in [2.75, 3.05) is 20.2 Å². The summed E-state index contributed by atoms with van der Waals surface area (Å²) in [6.07, 6.45) is 3.19. The molecule has 0 bridgehead atoms. The van der Waals surface area contributed by atoms with E-state index in [0.29, 0.717) is 47.9 Å². The van der Waals surface area contributed by atoms with Crippen LogP contribution in [0.4, 0.5) is 9.18 Å². The molecule has 4 heterocycles. The number of rotatable bonds is 8. The van der Waals surface area contributed by atoms with Gasteiger partial charge in [-0.2, -0.15) is 10.1 Å². The quantitative estimate of drug-likeness (QED) is 0.219. The van der Waals surface area contributed by atoms with Crippen LogP contribution < -0.4 is 10.1 Å². The van der Waals surface area contributed by atoms with E-state index in [2.05, 4.69) is 20.4 Å². The third-order valence-electron chi connectivity index (χ3n) is 7.93. The molecule has 3 aromatic heterocycles. The summed E-state index contributed by atoms with van der Waals surface area (Å²) in [4.78, 5) is 34.3. The molecule has 6 rings (SSSR count). The maximum Gasteiger partial charge on any atom is 0.407 e. The molecule has 0 radical (unpaired) electrons. The molecule has 12 nitrogen and oxygen atoms in total. The Morgan fingerprint density at radius 3 is 2.60 bits per heavy atom. The normalized spacial score (nSPS) is 14.2. The van der Waals surface area contributed by atoms with Gasteiger partial charge in [-0.05, 0) is 59.0 Å². The van der Waals surface area contributed by atoms with E-state index in [1.807, 2.05) is 51.1 Å². The number of amides is 2. The first-order valence-corrected chi connectivity index (χ1v) is 15.1. The molecule has 0 aliphatic carbocycles.